The van der Waals surface area contributed by atoms with Crippen LogP contribution in [0.3, 0.4) is 0 Å². The molecule has 0 saturated carbocycles. The second-order valence-corrected chi connectivity index (χ2v) is 4.89. The van der Waals surface area contributed by atoms with E-state index in [4.69, 9.17) is 5.84 Å². The van der Waals surface area contributed by atoms with E-state index in [0.717, 1.165) is 30.8 Å². The van der Waals surface area contributed by atoms with Gasteiger partial charge in [-0.05, 0) is 30.4 Å². The molecule has 0 saturated heterocycles. The fraction of sp³-hybridized carbons (Fsp3) is 0.333. The number of hydrazine groups is 1. The number of aryl methyl sites for hydroxylation is 2. The molecule has 2 aromatic rings. The summed E-state index contributed by atoms with van der Waals surface area (Å²) in [5.74, 6) is 7.38. The van der Waals surface area contributed by atoms with Gasteiger partial charge in [-0.2, -0.15) is 0 Å². The van der Waals surface area contributed by atoms with E-state index in [0.29, 0.717) is 11.7 Å². The Hall–Kier alpha value is -1.94. The molecule has 1 aliphatic carbocycles. The molecule has 4 nitrogen and oxygen atoms in total. The molecule has 19 heavy (non-hydrogen) atoms. The maximum Gasteiger partial charge on any atom is 0.143 e. The van der Waals surface area contributed by atoms with E-state index in [-0.39, 0.29) is 0 Å². The van der Waals surface area contributed by atoms with E-state index in [2.05, 4.69) is 46.6 Å². The minimum atomic E-state index is 0.301. The summed E-state index contributed by atoms with van der Waals surface area (Å²) in [5.41, 5.74) is 6.45. The van der Waals surface area contributed by atoms with Crippen molar-refractivity contribution in [2.24, 2.45) is 5.84 Å². The predicted molar refractivity (Wildman–Crippen MR) is 75.8 cm³/mol. The molecule has 1 aromatic carbocycles. The lowest BCUT2D eigenvalue weighted by molar-refractivity contribution is 0.720. The number of hydrogen-bond donors (Lipinski definition) is 2. The zero-order valence-electron chi connectivity index (χ0n) is 11.1. The molecule has 0 spiro atoms. The van der Waals surface area contributed by atoms with Crippen LogP contribution >= 0.6 is 0 Å². The molecule has 1 atom stereocenters. The van der Waals surface area contributed by atoms with Crippen LogP contribution in [0.15, 0.2) is 30.3 Å². The fourth-order valence-corrected chi connectivity index (χ4v) is 2.75. The van der Waals surface area contributed by atoms with Crippen LogP contribution in [0.2, 0.25) is 0 Å². The van der Waals surface area contributed by atoms with Crippen LogP contribution in [0.4, 0.5) is 5.82 Å². The number of aromatic nitrogens is 2. The average molecular weight is 254 g/mol. The Morgan fingerprint density at radius 2 is 2.16 bits per heavy atom. The molecule has 1 aromatic heterocycles. The lowest BCUT2D eigenvalue weighted by Gasteiger charge is -2.13. The summed E-state index contributed by atoms with van der Waals surface area (Å²) < 4.78 is 0. The molecule has 0 fully saturated rings. The number of hydrogen-bond acceptors (Lipinski definition) is 4. The van der Waals surface area contributed by atoms with Gasteiger partial charge in [0.05, 0.1) is 0 Å². The highest BCUT2D eigenvalue weighted by Crippen LogP contribution is 2.36. The van der Waals surface area contributed by atoms with Gasteiger partial charge < -0.3 is 5.43 Å². The first-order valence-corrected chi connectivity index (χ1v) is 6.74. The van der Waals surface area contributed by atoms with Crippen LogP contribution < -0.4 is 11.3 Å². The summed E-state index contributed by atoms with van der Waals surface area (Å²) in [7, 11) is 0. The third kappa shape index (κ3) is 2.19. The van der Waals surface area contributed by atoms with Gasteiger partial charge in [-0.15, -0.1) is 0 Å². The maximum absolute atomic E-state index is 5.50. The van der Waals surface area contributed by atoms with E-state index in [1.54, 1.807) is 0 Å². The molecular weight excluding hydrogens is 236 g/mol. The van der Waals surface area contributed by atoms with Crippen LogP contribution in [-0.4, -0.2) is 9.97 Å². The molecule has 1 heterocycles. The summed E-state index contributed by atoms with van der Waals surface area (Å²) in [6.45, 7) is 2.09. The molecular formula is C15H18N4. The third-order valence-corrected chi connectivity index (χ3v) is 3.75. The van der Waals surface area contributed by atoms with E-state index in [1.165, 1.54) is 11.1 Å². The highest BCUT2D eigenvalue weighted by Gasteiger charge is 2.26. The number of nitrogens with zero attached hydrogens (tertiary/aromatic N) is 2. The third-order valence-electron chi connectivity index (χ3n) is 3.75. The van der Waals surface area contributed by atoms with Gasteiger partial charge >= 0.3 is 0 Å². The van der Waals surface area contributed by atoms with Gasteiger partial charge in [-0.25, -0.2) is 15.8 Å². The molecule has 98 valence electrons. The van der Waals surface area contributed by atoms with Crippen molar-refractivity contribution in [2.75, 3.05) is 5.43 Å². The molecule has 0 amide bonds. The molecule has 4 heteroatoms. The zero-order chi connectivity index (χ0) is 13.2. The first-order chi connectivity index (χ1) is 9.31. The Labute approximate surface area is 113 Å². The highest BCUT2D eigenvalue weighted by atomic mass is 15.3. The van der Waals surface area contributed by atoms with Crippen LogP contribution in [0.25, 0.3) is 0 Å². The fourth-order valence-electron chi connectivity index (χ4n) is 2.75. The molecule has 0 radical (unpaired) electrons. The van der Waals surface area contributed by atoms with Crippen molar-refractivity contribution >= 4 is 5.82 Å². The van der Waals surface area contributed by atoms with Crippen molar-refractivity contribution in [2.45, 2.75) is 32.1 Å². The second kappa shape index (κ2) is 4.97. The van der Waals surface area contributed by atoms with Crippen LogP contribution in [-0.2, 0) is 12.8 Å². The molecule has 3 N–H and O–H groups in total. The van der Waals surface area contributed by atoms with Gasteiger partial charge in [-0.1, -0.05) is 31.2 Å². The summed E-state index contributed by atoms with van der Waals surface area (Å²) in [4.78, 5) is 9.21. The van der Waals surface area contributed by atoms with Crippen molar-refractivity contribution in [3.05, 3.63) is 53.0 Å². The zero-order valence-corrected chi connectivity index (χ0v) is 11.1. The average Bonchev–Trinajstić information content (AvgIpc) is 2.90. The maximum atomic E-state index is 5.50. The molecule has 1 unspecified atom stereocenters. The standard InChI is InChI=1S/C15H18N4/c1-2-11-9-14(19-16)18-15(17-11)13-8-7-10-5-3-4-6-12(10)13/h3-6,9,13H,2,7-8,16H2,1H3,(H,17,18,19). The van der Waals surface area contributed by atoms with Gasteiger partial charge in [0, 0.05) is 17.7 Å². The lowest BCUT2D eigenvalue weighted by Crippen LogP contribution is -2.13. The van der Waals surface area contributed by atoms with Crippen LogP contribution in [0.5, 0.6) is 0 Å². The van der Waals surface area contributed by atoms with E-state index in [9.17, 15) is 0 Å². The van der Waals surface area contributed by atoms with Gasteiger partial charge in [0.1, 0.15) is 11.6 Å². The quantitative estimate of drug-likeness (QED) is 0.652. The Kier molecular flexibility index (Phi) is 3.17. The topological polar surface area (TPSA) is 63.8 Å². The summed E-state index contributed by atoms with van der Waals surface area (Å²) >= 11 is 0. The minimum absolute atomic E-state index is 0.301. The van der Waals surface area contributed by atoms with Crippen LogP contribution in [0.1, 0.15) is 41.9 Å². The monoisotopic (exact) mass is 254 g/mol. The smallest absolute Gasteiger partial charge is 0.143 e. The van der Waals surface area contributed by atoms with Gasteiger partial charge in [0.25, 0.3) is 0 Å². The number of anilines is 1. The Morgan fingerprint density at radius 3 is 2.95 bits per heavy atom. The van der Waals surface area contributed by atoms with Crippen molar-refractivity contribution < 1.29 is 0 Å². The highest BCUT2D eigenvalue weighted by molar-refractivity contribution is 5.41. The van der Waals surface area contributed by atoms with E-state index < -0.39 is 0 Å². The van der Waals surface area contributed by atoms with Crippen molar-refractivity contribution in [1.82, 2.24) is 9.97 Å². The summed E-state index contributed by atoms with van der Waals surface area (Å²) in [6.07, 6.45) is 3.07. The van der Waals surface area contributed by atoms with Crippen molar-refractivity contribution in [1.29, 1.82) is 0 Å². The molecule has 1 aliphatic rings. The number of rotatable bonds is 3. The normalized spacial score (nSPS) is 17.3. The second-order valence-electron chi connectivity index (χ2n) is 4.89. The molecule has 0 bridgehead atoms. The van der Waals surface area contributed by atoms with Gasteiger partial charge in [0.15, 0.2) is 0 Å². The Morgan fingerprint density at radius 1 is 1.32 bits per heavy atom. The Balaban J connectivity index is 2.04. The predicted octanol–water partition coefficient (Wildman–Crippen LogP) is 2.40. The summed E-state index contributed by atoms with van der Waals surface area (Å²) in [6, 6.07) is 10.5. The lowest BCUT2D eigenvalue weighted by atomic mass is 10.0. The van der Waals surface area contributed by atoms with Crippen LogP contribution in [0, 0.1) is 0 Å². The number of nitrogens with two attached hydrogens (primary N) is 1. The number of benzene rings is 1. The number of nitrogen functional groups attached to an aromatic ring is 1. The SMILES string of the molecule is CCc1cc(NN)nc(C2CCc3ccccc32)n1. The first-order valence-electron chi connectivity index (χ1n) is 6.74. The molecule has 3 rings (SSSR count). The minimum Gasteiger partial charge on any atom is -0.308 e. The summed E-state index contributed by atoms with van der Waals surface area (Å²) in [5, 5.41) is 0. The number of nitrogens with one attached hydrogen (secondary N) is 1. The largest absolute Gasteiger partial charge is 0.308 e. The van der Waals surface area contributed by atoms with Crippen molar-refractivity contribution in [3.8, 4) is 0 Å². The van der Waals surface area contributed by atoms with Crippen molar-refractivity contribution in [3.63, 3.8) is 0 Å². The molecule has 0 aliphatic heterocycles. The van der Waals surface area contributed by atoms with E-state index >= 15 is 0 Å². The first kappa shape index (κ1) is 12.1. The number of fused-ring (bicyclic) bond motifs is 1. The van der Waals surface area contributed by atoms with Gasteiger partial charge in [0.2, 0.25) is 0 Å². The Bertz CT molecular complexity index is 572. The van der Waals surface area contributed by atoms with E-state index in [1.807, 2.05) is 6.07 Å². The van der Waals surface area contributed by atoms with Gasteiger partial charge in [-0.3, -0.25) is 0 Å².